The summed E-state index contributed by atoms with van der Waals surface area (Å²) >= 11 is 0. The van der Waals surface area contributed by atoms with Crippen LogP contribution in [0.5, 0.6) is 0 Å². The highest BCUT2D eigenvalue weighted by Gasteiger charge is 2.61. The molecule has 1 saturated heterocycles. The first-order valence-corrected chi connectivity index (χ1v) is 8.27. The van der Waals surface area contributed by atoms with Gasteiger partial charge in [-0.25, -0.2) is 0 Å². The first kappa shape index (κ1) is 17.0. The van der Waals surface area contributed by atoms with Crippen LogP contribution in [0.2, 0.25) is 0 Å². The normalized spacial score (nSPS) is 24.1. The third kappa shape index (κ3) is 2.19. The van der Waals surface area contributed by atoms with Crippen LogP contribution in [-0.4, -0.2) is 18.0 Å². The number of amides is 1. The molecule has 0 bridgehead atoms. The third-order valence-corrected chi connectivity index (χ3v) is 5.58. The average Bonchev–Trinajstić information content (AvgIpc) is 3.00. The van der Waals surface area contributed by atoms with Crippen molar-refractivity contribution in [3.8, 4) is 0 Å². The quantitative estimate of drug-likeness (QED) is 0.903. The van der Waals surface area contributed by atoms with Gasteiger partial charge in [-0.05, 0) is 44.0 Å². The zero-order chi connectivity index (χ0) is 16.1. The first-order chi connectivity index (χ1) is 11.1. The monoisotopic (exact) mass is 342 g/mol. The lowest BCUT2D eigenvalue weighted by Gasteiger charge is -2.37. The Morgan fingerprint density at radius 2 is 1.71 bits per heavy atom. The van der Waals surface area contributed by atoms with E-state index in [2.05, 4.69) is 43.4 Å². The molecule has 4 heteroatoms. The summed E-state index contributed by atoms with van der Waals surface area (Å²) in [5.41, 5.74) is 2.73. The van der Waals surface area contributed by atoms with E-state index in [1.807, 2.05) is 35.2 Å². The van der Waals surface area contributed by atoms with Crippen LogP contribution in [0.1, 0.15) is 31.4 Å². The van der Waals surface area contributed by atoms with Crippen LogP contribution in [0.15, 0.2) is 54.6 Å². The van der Waals surface area contributed by atoms with Crippen LogP contribution in [-0.2, 0) is 16.8 Å². The van der Waals surface area contributed by atoms with E-state index in [1.54, 1.807) is 0 Å². The summed E-state index contributed by atoms with van der Waals surface area (Å²) in [5, 5.41) is 3.54. The molecule has 1 N–H and O–H groups in total. The van der Waals surface area contributed by atoms with Crippen molar-refractivity contribution in [3.05, 3.63) is 65.7 Å². The fraction of sp³-hybridized carbons (Fsp3) is 0.350. The van der Waals surface area contributed by atoms with E-state index in [4.69, 9.17) is 0 Å². The molecule has 0 aromatic heterocycles. The average molecular weight is 343 g/mol. The van der Waals surface area contributed by atoms with Crippen LogP contribution < -0.4 is 10.2 Å². The molecule has 1 amide bonds. The summed E-state index contributed by atoms with van der Waals surface area (Å²) in [6.07, 6.45) is 0.862. The van der Waals surface area contributed by atoms with Gasteiger partial charge in [-0.2, -0.15) is 0 Å². The number of nitrogens with zero attached hydrogens (tertiary/aromatic N) is 1. The van der Waals surface area contributed by atoms with Crippen molar-refractivity contribution in [3.63, 3.8) is 0 Å². The van der Waals surface area contributed by atoms with E-state index >= 15 is 0 Å². The van der Waals surface area contributed by atoms with Crippen LogP contribution in [0, 0.1) is 0 Å². The van der Waals surface area contributed by atoms with Crippen LogP contribution in [0.3, 0.4) is 0 Å². The lowest BCUT2D eigenvalue weighted by atomic mass is 9.68. The molecular formula is C20H23ClN2O. The molecule has 0 saturated carbocycles. The molecule has 1 spiro atoms. The number of carbonyl (C=O) groups is 1. The maximum Gasteiger partial charge on any atom is 0.239 e. The number of para-hydroxylation sites is 1. The second kappa shape index (κ2) is 5.91. The van der Waals surface area contributed by atoms with Crippen LogP contribution in [0.25, 0.3) is 0 Å². The predicted molar refractivity (Wildman–Crippen MR) is 99.7 cm³/mol. The van der Waals surface area contributed by atoms with E-state index in [-0.39, 0.29) is 23.9 Å². The second-order valence-electron chi connectivity index (χ2n) is 7.10. The Hall–Kier alpha value is -1.84. The van der Waals surface area contributed by atoms with Gasteiger partial charge in [0, 0.05) is 11.2 Å². The maximum atomic E-state index is 13.5. The molecule has 1 unspecified atom stereocenters. The number of benzene rings is 2. The second-order valence-corrected chi connectivity index (χ2v) is 7.10. The number of hydrogen-bond donors (Lipinski definition) is 1. The summed E-state index contributed by atoms with van der Waals surface area (Å²) in [6, 6.07) is 18.5. The van der Waals surface area contributed by atoms with Gasteiger partial charge in [-0.15, -0.1) is 12.4 Å². The highest BCUT2D eigenvalue weighted by molar-refractivity contribution is 6.09. The van der Waals surface area contributed by atoms with Crippen LogP contribution in [0.4, 0.5) is 5.69 Å². The van der Waals surface area contributed by atoms with Crippen LogP contribution >= 0.6 is 12.4 Å². The maximum absolute atomic E-state index is 13.5. The number of nitrogens with one attached hydrogen (secondary N) is 1. The fourth-order valence-corrected chi connectivity index (χ4v) is 4.32. The SMILES string of the molecule is CC1(C)NCCC12C(=O)N(Cc1ccccc1)c1ccccc12.Cl. The van der Waals surface area contributed by atoms with Gasteiger partial charge >= 0.3 is 0 Å². The highest BCUT2D eigenvalue weighted by Crippen LogP contribution is 2.52. The van der Waals surface area contributed by atoms with E-state index in [1.165, 1.54) is 5.56 Å². The van der Waals surface area contributed by atoms with E-state index in [0.717, 1.165) is 24.2 Å². The van der Waals surface area contributed by atoms with Gasteiger partial charge in [0.25, 0.3) is 0 Å². The van der Waals surface area contributed by atoms with Gasteiger partial charge < -0.3 is 10.2 Å². The molecule has 2 aromatic carbocycles. The lowest BCUT2D eigenvalue weighted by molar-refractivity contribution is -0.124. The zero-order valence-electron chi connectivity index (χ0n) is 14.1. The minimum atomic E-state index is -0.446. The molecule has 24 heavy (non-hydrogen) atoms. The number of rotatable bonds is 2. The summed E-state index contributed by atoms with van der Waals surface area (Å²) < 4.78 is 0. The Bertz CT molecular complexity index is 759. The molecule has 0 radical (unpaired) electrons. The first-order valence-electron chi connectivity index (χ1n) is 8.27. The lowest BCUT2D eigenvalue weighted by Crippen LogP contribution is -2.55. The van der Waals surface area contributed by atoms with E-state index < -0.39 is 5.41 Å². The Morgan fingerprint density at radius 3 is 2.38 bits per heavy atom. The number of halogens is 1. The van der Waals surface area contributed by atoms with Crippen molar-refractivity contribution < 1.29 is 4.79 Å². The van der Waals surface area contributed by atoms with Gasteiger partial charge in [0.15, 0.2) is 0 Å². The Labute approximate surface area is 149 Å². The van der Waals surface area contributed by atoms with Crippen molar-refractivity contribution in [1.29, 1.82) is 0 Å². The minimum Gasteiger partial charge on any atom is -0.310 e. The molecular weight excluding hydrogens is 320 g/mol. The third-order valence-electron chi connectivity index (χ3n) is 5.58. The number of fused-ring (bicyclic) bond motifs is 2. The largest absolute Gasteiger partial charge is 0.310 e. The molecule has 2 aliphatic rings. The summed E-state index contributed by atoms with van der Waals surface area (Å²) in [4.78, 5) is 15.5. The van der Waals surface area contributed by atoms with Crippen molar-refractivity contribution in [2.75, 3.05) is 11.4 Å². The molecule has 3 nitrogen and oxygen atoms in total. The topological polar surface area (TPSA) is 32.3 Å². The Balaban J connectivity index is 0.00000169. The molecule has 1 fully saturated rings. The summed E-state index contributed by atoms with van der Waals surface area (Å²) in [6.45, 7) is 5.82. The van der Waals surface area contributed by atoms with Gasteiger partial charge in [-0.3, -0.25) is 4.79 Å². The predicted octanol–water partition coefficient (Wildman–Crippen LogP) is 3.66. The molecule has 0 aliphatic carbocycles. The molecule has 2 heterocycles. The number of hydrogen-bond acceptors (Lipinski definition) is 2. The van der Waals surface area contributed by atoms with E-state index in [0.29, 0.717) is 6.54 Å². The highest BCUT2D eigenvalue weighted by atomic mass is 35.5. The summed E-state index contributed by atoms with van der Waals surface area (Å²) in [7, 11) is 0. The number of carbonyl (C=O) groups excluding carboxylic acids is 1. The number of anilines is 1. The van der Waals surface area contributed by atoms with Crippen molar-refractivity contribution >= 4 is 24.0 Å². The molecule has 2 aromatic rings. The summed E-state index contributed by atoms with van der Waals surface area (Å²) in [5.74, 6) is 0.234. The smallest absolute Gasteiger partial charge is 0.239 e. The standard InChI is InChI=1S/C20H22N2O.ClH/c1-19(2)20(12-13-21-19)16-10-6-7-11-17(16)22(18(20)23)14-15-8-4-3-5-9-15;/h3-11,21H,12-14H2,1-2H3;1H. The van der Waals surface area contributed by atoms with Crippen molar-refractivity contribution in [2.24, 2.45) is 0 Å². The van der Waals surface area contributed by atoms with Gasteiger partial charge in [0.2, 0.25) is 5.91 Å². The zero-order valence-corrected chi connectivity index (χ0v) is 14.9. The van der Waals surface area contributed by atoms with Gasteiger partial charge in [-0.1, -0.05) is 48.5 Å². The molecule has 126 valence electrons. The Morgan fingerprint density at radius 1 is 1.04 bits per heavy atom. The van der Waals surface area contributed by atoms with Crippen molar-refractivity contribution in [1.82, 2.24) is 5.32 Å². The fourth-order valence-electron chi connectivity index (χ4n) is 4.32. The van der Waals surface area contributed by atoms with Gasteiger partial charge in [0.1, 0.15) is 0 Å². The molecule has 1 atom stereocenters. The van der Waals surface area contributed by atoms with E-state index in [9.17, 15) is 4.79 Å². The Kier molecular flexibility index (Phi) is 4.18. The van der Waals surface area contributed by atoms with Crippen molar-refractivity contribution in [2.45, 2.75) is 37.8 Å². The molecule has 4 rings (SSSR count). The minimum absolute atomic E-state index is 0. The molecule has 2 aliphatic heterocycles. The van der Waals surface area contributed by atoms with Gasteiger partial charge in [0.05, 0.1) is 12.0 Å².